The van der Waals surface area contributed by atoms with E-state index in [1.807, 2.05) is 6.07 Å². The fraction of sp³-hybridized carbons (Fsp3) is 0.375. The summed E-state index contributed by atoms with van der Waals surface area (Å²) in [6.45, 7) is 3.03. The van der Waals surface area contributed by atoms with Gasteiger partial charge in [0.2, 0.25) is 0 Å². The number of benzene rings is 1. The van der Waals surface area contributed by atoms with Gasteiger partial charge < -0.3 is 5.73 Å². The molecule has 2 unspecified atom stereocenters. The molecule has 0 bridgehead atoms. The van der Waals surface area contributed by atoms with Crippen LogP contribution in [-0.4, -0.2) is 18.0 Å². The molecule has 0 spiro atoms. The molecular weight excluding hydrogens is 412 g/mol. The molecule has 2 aromatic rings. The van der Waals surface area contributed by atoms with Crippen molar-refractivity contribution in [3.63, 3.8) is 0 Å². The molecule has 0 aliphatic carbocycles. The first-order chi connectivity index (χ1) is 10.0. The molecule has 0 fully saturated rings. The Kier molecular flexibility index (Phi) is 6.44. The summed E-state index contributed by atoms with van der Waals surface area (Å²) < 4.78 is 2.29. The zero-order chi connectivity index (χ0) is 15.4. The molecule has 0 saturated heterocycles. The van der Waals surface area contributed by atoms with Gasteiger partial charge in [-0.15, -0.1) is 11.3 Å². The summed E-state index contributed by atoms with van der Waals surface area (Å²) in [6.07, 6.45) is 0.948. The van der Waals surface area contributed by atoms with Gasteiger partial charge in [-0.25, -0.2) is 0 Å². The molecule has 1 aromatic carbocycles. The van der Waals surface area contributed by atoms with Crippen molar-refractivity contribution in [3.8, 4) is 0 Å². The van der Waals surface area contributed by atoms with Crippen LogP contribution in [0.1, 0.15) is 30.5 Å². The Morgan fingerprint density at radius 3 is 2.57 bits per heavy atom. The first-order valence-electron chi connectivity index (χ1n) is 6.96. The van der Waals surface area contributed by atoms with Gasteiger partial charge in [0, 0.05) is 17.1 Å². The summed E-state index contributed by atoms with van der Waals surface area (Å²) in [4.78, 5) is 2.34. The first-order valence-corrected chi connectivity index (χ1v) is 9.42. The third-order valence-electron chi connectivity index (χ3n) is 3.63. The summed E-state index contributed by atoms with van der Waals surface area (Å²) in [5.74, 6) is 0. The smallest absolute Gasteiger partial charge is 0.0701 e. The molecule has 1 aromatic heterocycles. The lowest BCUT2D eigenvalue weighted by Gasteiger charge is -2.33. The summed E-state index contributed by atoms with van der Waals surface area (Å²) in [6, 6.07) is 10.8. The summed E-state index contributed by atoms with van der Waals surface area (Å²) in [7, 11) is 2.14. The summed E-state index contributed by atoms with van der Waals surface area (Å²) in [5, 5.41) is 2.19. The van der Waals surface area contributed by atoms with Crippen molar-refractivity contribution < 1.29 is 0 Å². The number of hydrogen-bond acceptors (Lipinski definition) is 3. The van der Waals surface area contributed by atoms with Gasteiger partial charge >= 0.3 is 0 Å². The zero-order valence-corrected chi connectivity index (χ0v) is 16.2. The van der Waals surface area contributed by atoms with E-state index < -0.39 is 0 Å². The summed E-state index contributed by atoms with van der Waals surface area (Å²) in [5.41, 5.74) is 8.98. The van der Waals surface area contributed by atoms with Crippen LogP contribution in [0.2, 0.25) is 0 Å². The fourth-order valence-corrected chi connectivity index (χ4v) is 4.27. The van der Waals surface area contributed by atoms with Gasteiger partial charge in [0.25, 0.3) is 0 Å². The van der Waals surface area contributed by atoms with Gasteiger partial charge in [0.05, 0.1) is 9.83 Å². The number of halogens is 2. The predicted octanol–water partition coefficient (Wildman–Crippen LogP) is 5.18. The van der Waals surface area contributed by atoms with Crippen LogP contribution < -0.4 is 5.73 Å². The van der Waals surface area contributed by atoms with E-state index in [0.717, 1.165) is 17.4 Å². The van der Waals surface area contributed by atoms with Gasteiger partial charge in [-0.1, -0.05) is 41.1 Å². The highest BCUT2D eigenvalue weighted by molar-refractivity contribution is 9.11. The molecule has 21 heavy (non-hydrogen) atoms. The second-order valence-corrected chi connectivity index (χ2v) is 8.36. The predicted molar refractivity (Wildman–Crippen MR) is 98.6 cm³/mol. The van der Waals surface area contributed by atoms with E-state index in [2.05, 4.69) is 80.4 Å². The minimum absolute atomic E-state index is 0.107. The van der Waals surface area contributed by atoms with Crippen LogP contribution >= 0.6 is 43.2 Å². The van der Waals surface area contributed by atoms with E-state index >= 15 is 0 Å². The molecule has 114 valence electrons. The Bertz CT molecular complexity index is 585. The molecule has 0 saturated carbocycles. The Labute approximate surface area is 147 Å². The largest absolute Gasteiger partial charge is 0.326 e. The molecule has 0 aliphatic rings. The zero-order valence-electron chi connectivity index (χ0n) is 12.2. The van der Waals surface area contributed by atoms with Crippen LogP contribution in [0.25, 0.3) is 0 Å². The van der Waals surface area contributed by atoms with Gasteiger partial charge in [-0.2, -0.15) is 0 Å². The van der Waals surface area contributed by atoms with Crippen LogP contribution in [0.3, 0.4) is 0 Å². The van der Waals surface area contributed by atoms with E-state index in [-0.39, 0.29) is 12.1 Å². The number of hydrogen-bond donors (Lipinski definition) is 1. The quantitative estimate of drug-likeness (QED) is 0.682. The third kappa shape index (κ3) is 4.39. The van der Waals surface area contributed by atoms with Crippen molar-refractivity contribution in [1.82, 2.24) is 4.90 Å². The molecule has 1 heterocycles. The maximum Gasteiger partial charge on any atom is 0.0701 e. The molecule has 2 N–H and O–H groups in total. The molecule has 2 rings (SSSR count). The number of likely N-dealkylation sites (N-methyl/N-ethyl adjacent to an activating group) is 1. The van der Waals surface area contributed by atoms with E-state index in [1.165, 1.54) is 14.9 Å². The molecule has 2 nitrogen and oxygen atoms in total. The van der Waals surface area contributed by atoms with Crippen molar-refractivity contribution in [2.24, 2.45) is 5.73 Å². The lowest BCUT2D eigenvalue weighted by Crippen LogP contribution is -2.38. The van der Waals surface area contributed by atoms with Gasteiger partial charge in [0.15, 0.2) is 0 Å². The second-order valence-electron chi connectivity index (χ2n) is 5.21. The maximum atomic E-state index is 6.41. The average Bonchev–Trinajstić information content (AvgIpc) is 2.86. The second kappa shape index (κ2) is 7.88. The SMILES string of the molecule is CCC(N)C(c1ccccc1Br)N(C)Cc1csc(Br)c1. The average molecular weight is 432 g/mol. The number of thiophene rings is 1. The lowest BCUT2D eigenvalue weighted by atomic mass is 9.96. The van der Waals surface area contributed by atoms with Crippen LogP contribution in [0.5, 0.6) is 0 Å². The summed E-state index contributed by atoms with van der Waals surface area (Å²) >= 11 is 8.91. The Morgan fingerprint density at radius 1 is 1.29 bits per heavy atom. The van der Waals surface area contributed by atoms with Crippen LogP contribution in [0.15, 0.2) is 44.0 Å². The monoisotopic (exact) mass is 430 g/mol. The molecule has 2 atom stereocenters. The molecule has 0 aliphatic heterocycles. The third-order valence-corrected chi connectivity index (χ3v) is 5.90. The van der Waals surface area contributed by atoms with E-state index in [1.54, 1.807) is 11.3 Å². The highest BCUT2D eigenvalue weighted by Gasteiger charge is 2.25. The number of nitrogens with zero attached hydrogens (tertiary/aromatic N) is 1. The van der Waals surface area contributed by atoms with Crippen molar-refractivity contribution in [2.75, 3.05) is 7.05 Å². The minimum Gasteiger partial charge on any atom is -0.326 e. The van der Waals surface area contributed by atoms with Crippen LogP contribution in [0, 0.1) is 0 Å². The highest BCUT2D eigenvalue weighted by Crippen LogP contribution is 2.32. The van der Waals surface area contributed by atoms with Gasteiger partial charge in [0.1, 0.15) is 0 Å². The minimum atomic E-state index is 0.107. The van der Waals surface area contributed by atoms with Crippen LogP contribution in [0.4, 0.5) is 0 Å². The lowest BCUT2D eigenvalue weighted by molar-refractivity contribution is 0.201. The molecule has 0 amide bonds. The van der Waals surface area contributed by atoms with Crippen molar-refractivity contribution in [1.29, 1.82) is 0 Å². The van der Waals surface area contributed by atoms with Crippen molar-refractivity contribution in [3.05, 3.63) is 55.1 Å². The highest BCUT2D eigenvalue weighted by atomic mass is 79.9. The van der Waals surface area contributed by atoms with Crippen LogP contribution in [-0.2, 0) is 6.54 Å². The Morgan fingerprint density at radius 2 is 2.00 bits per heavy atom. The topological polar surface area (TPSA) is 29.3 Å². The Hall–Kier alpha value is -0.200. The normalized spacial score (nSPS) is 14.4. The Balaban J connectivity index is 2.25. The number of nitrogens with two attached hydrogens (primary N) is 1. The van der Waals surface area contributed by atoms with E-state index in [9.17, 15) is 0 Å². The molecular formula is C16H20Br2N2S. The molecule has 5 heteroatoms. The molecule has 0 radical (unpaired) electrons. The number of rotatable bonds is 6. The van der Waals surface area contributed by atoms with Crippen molar-refractivity contribution in [2.45, 2.75) is 32.0 Å². The van der Waals surface area contributed by atoms with Gasteiger partial charge in [-0.05, 0) is 58.0 Å². The van der Waals surface area contributed by atoms with E-state index in [4.69, 9.17) is 5.73 Å². The van der Waals surface area contributed by atoms with Gasteiger partial charge in [-0.3, -0.25) is 4.90 Å². The standard InChI is InChI=1S/C16H20Br2N2S/c1-3-14(19)16(12-6-4-5-7-13(12)17)20(2)9-11-8-15(18)21-10-11/h4-8,10,14,16H,3,9,19H2,1-2H3. The first kappa shape index (κ1) is 17.2. The fourth-order valence-electron chi connectivity index (χ4n) is 2.55. The maximum absolute atomic E-state index is 6.41. The van der Waals surface area contributed by atoms with Crippen molar-refractivity contribution >= 4 is 43.2 Å². The van der Waals surface area contributed by atoms with E-state index in [0.29, 0.717) is 0 Å².